The minimum absolute atomic E-state index is 0.0780. The van der Waals surface area contributed by atoms with Gasteiger partial charge in [0.25, 0.3) is 0 Å². The lowest BCUT2D eigenvalue weighted by molar-refractivity contribution is 0.0691. The average Bonchev–Trinajstić information content (AvgIpc) is 2.85. The minimum Gasteiger partial charge on any atom is -0.484 e. The summed E-state index contributed by atoms with van der Waals surface area (Å²) in [4.78, 5) is 15.2. The Hall–Kier alpha value is -2.37. The van der Waals surface area contributed by atoms with Gasteiger partial charge >= 0.3 is 5.97 Å². The van der Waals surface area contributed by atoms with Crippen LogP contribution in [-0.2, 0) is 13.0 Å². The molecule has 1 heterocycles. The van der Waals surface area contributed by atoms with E-state index in [1.54, 1.807) is 19.1 Å². The lowest BCUT2D eigenvalue weighted by Gasteiger charge is -2.09. The van der Waals surface area contributed by atoms with Crippen molar-refractivity contribution in [3.63, 3.8) is 0 Å². The molecule has 0 aliphatic carbocycles. The summed E-state index contributed by atoms with van der Waals surface area (Å²) >= 11 is 0. The van der Waals surface area contributed by atoms with E-state index >= 15 is 0 Å². The molecule has 19 heavy (non-hydrogen) atoms. The number of aromatic nitrogens is 2. The van der Waals surface area contributed by atoms with Gasteiger partial charge in [0.2, 0.25) is 11.7 Å². The van der Waals surface area contributed by atoms with Crippen LogP contribution in [0.2, 0.25) is 0 Å². The molecule has 0 fully saturated rings. The molecule has 0 unspecified atom stereocenters. The number of para-hydroxylation sites is 1. The maximum Gasteiger partial charge on any atom is 0.339 e. The standard InChI is InChI=1S/C13H14N2O4/c1-3-11-14-10(15-19-11)7-18-12-8(2)5-4-6-9(12)13(16)17/h4-6H,3,7H2,1-2H3,(H,16,17). The topological polar surface area (TPSA) is 85.5 Å². The molecule has 2 aromatic rings. The zero-order valence-electron chi connectivity index (χ0n) is 10.7. The van der Waals surface area contributed by atoms with Crippen LogP contribution in [0, 0.1) is 6.92 Å². The van der Waals surface area contributed by atoms with E-state index in [1.165, 1.54) is 6.07 Å². The molecule has 0 amide bonds. The summed E-state index contributed by atoms with van der Waals surface area (Å²) in [5.74, 6) is 0.234. The van der Waals surface area contributed by atoms with E-state index in [0.717, 1.165) is 5.56 Å². The highest BCUT2D eigenvalue weighted by Crippen LogP contribution is 2.24. The van der Waals surface area contributed by atoms with Gasteiger partial charge in [0.1, 0.15) is 11.3 Å². The van der Waals surface area contributed by atoms with E-state index in [9.17, 15) is 4.79 Å². The van der Waals surface area contributed by atoms with Gasteiger partial charge in [0.05, 0.1) is 0 Å². The van der Waals surface area contributed by atoms with Crippen molar-refractivity contribution in [3.05, 3.63) is 41.0 Å². The molecule has 0 saturated heterocycles. The van der Waals surface area contributed by atoms with Crippen molar-refractivity contribution in [1.29, 1.82) is 0 Å². The molecule has 2 rings (SSSR count). The Bertz CT molecular complexity index is 592. The van der Waals surface area contributed by atoms with Crippen molar-refractivity contribution >= 4 is 5.97 Å². The molecule has 0 aliphatic heterocycles. The second kappa shape index (κ2) is 5.51. The maximum atomic E-state index is 11.1. The highest BCUT2D eigenvalue weighted by atomic mass is 16.5. The normalized spacial score (nSPS) is 10.4. The second-order valence-corrected chi connectivity index (χ2v) is 4.00. The van der Waals surface area contributed by atoms with Gasteiger partial charge in [-0.3, -0.25) is 0 Å². The Morgan fingerprint density at radius 2 is 2.26 bits per heavy atom. The molecule has 0 spiro atoms. The van der Waals surface area contributed by atoms with Crippen molar-refractivity contribution in [3.8, 4) is 5.75 Å². The molecule has 1 aromatic heterocycles. The smallest absolute Gasteiger partial charge is 0.339 e. The van der Waals surface area contributed by atoms with Crippen molar-refractivity contribution in [2.75, 3.05) is 0 Å². The van der Waals surface area contributed by atoms with Crippen molar-refractivity contribution < 1.29 is 19.2 Å². The number of hydrogen-bond acceptors (Lipinski definition) is 5. The van der Waals surface area contributed by atoms with E-state index in [-0.39, 0.29) is 12.2 Å². The first-order valence-corrected chi connectivity index (χ1v) is 5.89. The van der Waals surface area contributed by atoms with Crippen LogP contribution in [0.15, 0.2) is 22.7 Å². The van der Waals surface area contributed by atoms with Crippen LogP contribution in [0.25, 0.3) is 0 Å². The molecule has 0 aliphatic rings. The summed E-state index contributed by atoms with van der Waals surface area (Å²) in [5, 5.41) is 12.8. The van der Waals surface area contributed by atoms with Crippen molar-refractivity contribution in [1.82, 2.24) is 10.1 Å². The number of benzene rings is 1. The Balaban J connectivity index is 2.17. The molecule has 0 bridgehead atoms. The predicted molar refractivity (Wildman–Crippen MR) is 66.1 cm³/mol. The molecule has 0 radical (unpaired) electrons. The van der Waals surface area contributed by atoms with Crippen LogP contribution in [-0.4, -0.2) is 21.2 Å². The third-order valence-electron chi connectivity index (χ3n) is 2.60. The Morgan fingerprint density at radius 3 is 2.89 bits per heavy atom. The molecule has 100 valence electrons. The fraction of sp³-hybridized carbons (Fsp3) is 0.308. The maximum absolute atomic E-state index is 11.1. The third kappa shape index (κ3) is 2.90. The highest BCUT2D eigenvalue weighted by Gasteiger charge is 2.14. The Morgan fingerprint density at radius 1 is 1.47 bits per heavy atom. The number of aryl methyl sites for hydroxylation is 2. The lowest BCUT2D eigenvalue weighted by atomic mass is 10.1. The summed E-state index contributed by atoms with van der Waals surface area (Å²) in [5.41, 5.74) is 0.873. The predicted octanol–water partition coefficient (Wildman–Crippen LogP) is 2.22. The largest absolute Gasteiger partial charge is 0.484 e. The molecule has 1 aromatic carbocycles. The quantitative estimate of drug-likeness (QED) is 0.889. The third-order valence-corrected chi connectivity index (χ3v) is 2.60. The van der Waals surface area contributed by atoms with Gasteiger partial charge in [-0.1, -0.05) is 24.2 Å². The van der Waals surface area contributed by atoms with Crippen molar-refractivity contribution in [2.24, 2.45) is 0 Å². The average molecular weight is 262 g/mol. The lowest BCUT2D eigenvalue weighted by Crippen LogP contribution is -2.05. The van der Waals surface area contributed by atoms with Crippen LogP contribution in [0.3, 0.4) is 0 Å². The first kappa shape index (κ1) is 13.1. The van der Waals surface area contributed by atoms with Gasteiger partial charge in [-0.25, -0.2) is 4.79 Å². The van der Waals surface area contributed by atoms with Gasteiger partial charge in [0, 0.05) is 6.42 Å². The van der Waals surface area contributed by atoms with Gasteiger partial charge < -0.3 is 14.4 Å². The number of carboxylic acid groups (broad SMARTS) is 1. The fourth-order valence-electron chi connectivity index (χ4n) is 1.64. The fourth-order valence-corrected chi connectivity index (χ4v) is 1.64. The van der Waals surface area contributed by atoms with E-state index in [2.05, 4.69) is 10.1 Å². The van der Waals surface area contributed by atoms with Crippen LogP contribution >= 0.6 is 0 Å². The molecule has 6 heteroatoms. The highest BCUT2D eigenvalue weighted by molar-refractivity contribution is 5.91. The number of nitrogens with zero attached hydrogens (tertiary/aromatic N) is 2. The van der Waals surface area contributed by atoms with E-state index in [1.807, 2.05) is 6.92 Å². The molecule has 0 saturated carbocycles. The zero-order chi connectivity index (χ0) is 13.8. The zero-order valence-corrected chi connectivity index (χ0v) is 10.7. The second-order valence-electron chi connectivity index (χ2n) is 4.00. The number of ether oxygens (including phenoxy) is 1. The van der Waals surface area contributed by atoms with Crippen molar-refractivity contribution in [2.45, 2.75) is 26.9 Å². The van der Waals surface area contributed by atoms with E-state index < -0.39 is 5.97 Å². The number of hydrogen-bond donors (Lipinski definition) is 1. The molecule has 0 atom stereocenters. The first-order valence-electron chi connectivity index (χ1n) is 5.89. The number of carboxylic acids is 1. The molecule has 1 N–H and O–H groups in total. The Labute approximate surface area is 110 Å². The summed E-state index contributed by atoms with van der Waals surface area (Å²) in [6, 6.07) is 4.96. The van der Waals surface area contributed by atoms with E-state index in [0.29, 0.717) is 23.9 Å². The number of rotatable bonds is 5. The molecular weight excluding hydrogens is 248 g/mol. The molecular formula is C13H14N2O4. The van der Waals surface area contributed by atoms with Crippen LogP contribution in [0.4, 0.5) is 0 Å². The van der Waals surface area contributed by atoms with Crippen LogP contribution in [0.5, 0.6) is 5.75 Å². The SMILES string of the molecule is CCc1nc(COc2c(C)cccc2C(=O)O)no1. The first-order chi connectivity index (χ1) is 9.11. The van der Waals surface area contributed by atoms with E-state index in [4.69, 9.17) is 14.4 Å². The minimum atomic E-state index is -1.03. The monoisotopic (exact) mass is 262 g/mol. The number of carbonyl (C=O) groups is 1. The van der Waals surface area contributed by atoms with Gasteiger partial charge in [-0.05, 0) is 18.6 Å². The summed E-state index contributed by atoms with van der Waals surface area (Å²) < 4.78 is 10.5. The number of aromatic carboxylic acids is 1. The van der Waals surface area contributed by atoms with Gasteiger partial charge in [0.15, 0.2) is 6.61 Å². The summed E-state index contributed by atoms with van der Waals surface area (Å²) in [7, 11) is 0. The summed E-state index contributed by atoms with van der Waals surface area (Å²) in [6.45, 7) is 3.77. The van der Waals surface area contributed by atoms with Gasteiger partial charge in [-0.15, -0.1) is 0 Å². The van der Waals surface area contributed by atoms with Crippen LogP contribution in [0.1, 0.15) is 34.6 Å². The van der Waals surface area contributed by atoms with Gasteiger partial charge in [-0.2, -0.15) is 4.98 Å². The summed E-state index contributed by atoms with van der Waals surface area (Å²) in [6.07, 6.45) is 0.651. The van der Waals surface area contributed by atoms with Crippen LogP contribution < -0.4 is 4.74 Å². The molecule has 6 nitrogen and oxygen atoms in total. The Kier molecular flexibility index (Phi) is 3.79.